The number of nitriles is 1. The summed E-state index contributed by atoms with van der Waals surface area (Å²) in [5.41, 5.74) is 2.50. The van der Waals surface area contributed by atoms with Crippen LogP contribution < -0.4 is 0 Å². The maximum atomic E-state index is 8.33. The number of benzene rings is 1. The first-order chi connectivity index (χ1) is 6.36. The Labute approximate surface area is 79.3 Å². The summed E-state index contributed by atoms with van der Waals surface area (Å²) in [5.74, 6) is 0. The number of nitrogens with zero attached hydrogens (tertiary/aromatic N) is 1. The predicted octanol–water partition coefficient (Wildman–Crippen LogP) is 3.18. The van der Waals surface area contributed by atoms with E-state index in [2.05, 4.69) is 37.3 Å². The van der Waals surface area contributed by atoms with Gasteiger partial charge in [-0.05, 0) is 17.5 Å². The molecule has 66 valence electrons. The van der Waals surface area contributed by atoms with Crippen molar-refractivity contribution in [3.8, 4) is 6.07 Å². The first-order valence-corrected chi connectivity index (χ1v) is 4.49. The lowest BCUT2D eigenvalue weighted by Gasteiger charge is -1.96. The lowest BCUT2D eigenvalue weighted by atomic mass is 10.1. The molecule has 0 aliphatic heterocycles. The molecule has 1 aromatic rings. The zero-order valence-corrected chi connectivity index (χ0v) is 7.83. The van der Waals surface area contributed by atoms with Crippen LogP contribution in [-0.4, -0.2) is 0 Å². The van der Waals surface area contributed by atoms with E-state index in [4.69, 9.17) is 5.26 Å². The minimum atomic E-state index is 0.482. The minimum Gasteiger partial charge on any atom is -0.198 e. The van der Waals surface area contributed by atoms with Gasteiger partial charge in [0.15, 0.2) is 0 Å². The van der Waals surface area contributed by atoms with E-state index in [-0.39, 0.29) is 0 Å². The van der Waals surface area contributed by atoms with Gasteiger partial charge in [0, 0.05) is 0 Å². The molecule has 0 unspecified atom stereocenters. The van der Waals surface area contributed by atoms with Gasteiger partial charge in [-0.2, -0.15) is 5.26 Å². The van der Waals surface area contributed by atoms with Crippen molar-refractivity contribution in [2.24, 2.45) is 0 Å². The summed E-state index contributed by atoms with van der Waals surface area (Å²) < 4.78 is 0. The monoisotopic (exact) mass is 171 g/mol. The maximum Gasteiger partial charge on any atom is 0.0663 e. The van der Waals surface area contributed by atoms with Crippen LogP contribution in [-0.2, 0) is 6.42 Å². The molecule has 0 spiro atoms. The van der Waals surface area contributed by atoms with E-state index < -0.39 is 0 Å². The van der Waals surface area contributed by atoms with E-state index in [9.17, 15) is 0 Å². The van der Waals surface area contributed by atoms with E-state index in [1.54, 1.807) is 0 Å². The van der Waals surface area contributed by atoms with E-state index >= 15 is 0 Å². The Morgan fingerprint density at radius 2 is 2.00 bits per heavy atom. The molecule has 1 heteroatoms. The van der Waals surface area contributed by atoms with Crippen molar-refractivity contribution in [2.75, 3.05) is 0 Å². The van der Waals surface area contributed by atoms with Crippen molar-refractivity contribution in [1.82, 2.24) is 0 Å². The fraction of sp³-hybridized carbons (Fsp3) is 0.250. The van der Waals surface area contributed by atoms with Gasteiger partial charge in [0.05, 0.1) is 12.5 Å². The summed E-state index contributed by atoms with van der Waals surface area (Å²) in [6.07, 6.45) is 5.40. The van der Waals surface area contributed by atoms with E-state index in [1.165, 1.54) is 5.56 Å². The van der Waals surface area contributed by atoms with Crippen LogP contribution in [0.4, 0.5) is 0 Å². The third kappa shape index (κ3) is 3.13. The second-order valence-electron chi connectivity index (χ2n) is 2.86. The summed E-state index contributed by atoms with van der Waals surface area (Å²) in [5, 5.41) is 8.33. The molecule has 1 aromatic carbocycles. The summed E-state index contributed by atoms with van der Waals surface area (Å²) in [6, 6.07) is 10.5. The molecule has 0 saturated carbocycles. The topological polar surface area (TPSA) is 23.8 Å². The molecule has 0 atom stereocenters. The van der Waals surface area contributed by atoms with E-state index in [1.807, 2.05) is 12.2 Å². The molecule has 0 aromatic heterocycles. The second kappa shape index (κ2) is 5.16. The van der Waals surface area contributed by atoms with E-state index in [0.29, 0.717) is 6.42 Å². The number of rotatable bonds is 3. The van der Waals surface area contributed by atoms with Gasteiger partial charge in [0.2, 0.25) is 0 Å². The Hall–Kier alpha value is -1.55. The highest BCUT2D eigenvalue weighted by molar-refractivity contribution is 5.49. The highest BCUT2D eigenvalue weighted by atomic mass is 14.2. The second-order valence-corrected chi connectivity index (χ2v) is 2.86. The van der Waals surface area contributed by atoms with Crippen molar-refractivity contribution in [3.63, 3.8) is 0 Å². The first kappa shape index (κ1) is 9.54. The van der Waals surface area contributed by atoms with Gasteiger partial charge in [-0.15, -0.1) is 0 Å². The standard InChI is InChI=1S/C12H13N/c1-2-11-6-8-12(9-7-11)5-3-4-10-13/h3,5-9H,2,4H2,1H3/b5-3+. The highest BCUT2D eigenvalue weighted by Crippen LogP contribution is 2.06. The molecule has 1 nitrogen and oxygen atoms in total. The molecule has 1 rings (SSSR count). The first-order valence-electron chi connectivity index (χ1n) is 4.49. The van der Waals surface area contributed by atoms with Crippen molar-refractivity contribution in [3.05, 3.63) is 41.5 Å². The number of allylic oxidation sites excluding steroid dienone is 1. The predicted molar refractivity (Wildman–Crippen MR) is 55.1 cm³/mol. The van der Waals surface area contributed by atoms with Gasteiger partial charge in [-0.1, -0.05) is 43.3 Å². The fourth-order valence-corrected chi connectivity index (χ4v) is 1.11. The van der Waals surface area contributed by atoms with Crippen molar-refractivity contribution in [1.29, 1.82) is 5.26 Å². The van der Waals surface area contributed by atoms with Crippen LogP contribution in [0.5, 0.6) is 0 Å². The molecule has 0 radical (unpaired) electrons. The van der Waals surface area contributed by atoms with Crippen molar-refractivity contribution >= 4 is 6.08 Å². The molecule has 0 heterocycles. The highest BCUT2D eigenvalue weighted by Gasteiger charge is 1.88. The van der Waals surface area contributed by atoms with E-state index in [0.717, 1.165) is 12.0 Å². The average Bonchev–Trinajstić information content (AvgIpc) is 2.19. The minimum absolute atomic E-state index is 0.482. The van der Waals surface area contributed by atoms with Gasteiger partial charge >= 0.3 is 0 Å². The molecule has 0 aliphatic rings. The maximum absolute atomic E-state index is 8.33. The molecule has 0 saturated heterocycles. The average molecular weight is 171 g/mol. The van der Waals surface area contributed by atoms with Crippen LogP contribution in [0.3, 0.4) is 0 Å². The Morgan fingerprint density at radius 1 is 1.31 bits per heavy atom. The van der Waals surface area contributed by atoms with Crippen LogP contribution in [0.1, 0.15) is 24.5 Å². The lowest BCUT2D eigenvalue weighted by molar-refractivity contribution is 1.14. The number of hydrogen-bond donors (Lipinski definition) is 0. The van der Waals surface area contributed by atoms with Crippen LogP contribution in [0, 0.1) is 11.3 Å². The zero-order valence-electron chi connectivity index (χ0n) is 7.83. The zero-order chi connectivity index (χ0) is 9.52. The summed E-state index contributed by atoms with van der Waals surface area (Å²) in [7, 11) is 0. The Kier molecular flexibility index (Phi) is 3.78. The number of aryl methyl sites for hydroxylation is 1. The Balaban J connectivity index is 2.65. The molecule has 0 N–H and O–H groups in total. The normalized spacial score (nSPS) is 10.2. The molecular weight excluding hydrogens is 158 g/mol. The fourth-order valence-electron chi connectivity index (χ4n) is 1.11. The molecule has 0 fully saturated rings. The molecule has 0 bridgehead atoms. The summed E-state index contributed by atoms with van der Waals surface area (Å²) in [4.78, 5) is 0. The molecule has 13 heavy (non-hydrogen) atoms. The summed E-state index contributed by atoms with van der Waals surface area (Å²) >= 11 is 0. The van der Waals surface area contributed by atoms with Crippen LogP contribution in [0.25, 0.3) is 6.08 Å². The third-order valence-electron chi connectivity index (χ3n) is 1.91. The largest absolute Gasteiger partial charge is 0.198 e. The van der Waals surface area contributed by atoms with Gasteiger partial charge in [-0.3, -0.25) is 0 Å². The SMILES string of the molecule is CCc1ccc(/C=C/CC#N)cc1. The Morgan fingerprint density at radius 3 is 2.54 bits per heavy atom. The number of hydrogen-bond acceptors (Lipinski definition) is 1. The van der Waals surface area contributed by atoms with Gasteiger partial charge < -0.3 is 0 Å². The van der Waals surface area contributed by atoms with Gasteiger partial charge in [0.25, 0.3) is 0 Å². The molecular formula is C12H13N. The smallest absolute Gasteiger partial charge is 0.0663 e. The van der Waals surface area contributed by atoms with Gasteiger partial charge in [0.1, 0.15) is 0 Å². The summed E-state index contributed by atoms with van der Waals surface area (Å²) in [6.45, 7) is 2.14. The Bertz CT molecular complexity index is 314. The molecule has 0 amide bonds. The van der Waals surface area contributed by atoms with Crippen LogP contribution >= 0.6 is 0 Å². The third-order valence-corrected chi connectivity index (χ3v) is 1.91. The lowest BCUT2D eigenvalue weighted by Crippen LogP contribution is -1.78. The van der Waals surface area contributed by atoms with Crippen LogP contribution in [0.15, 0.2) is 30.3 Å². The molecule has 0 aliphatic carbocycles. The van der Waals surface area contributed by atoms with Gasteiger partial charge in [-0.25, -0.2) is 0 Å². The quantitative estimate of drug-likeness (QED) is 0.685. The van der Waals surface area contributed by atoms with Crippen molar-refractivity contribution in [2.45, 2.75) is 19.8 Å². The van der Waals surface area contributed by atoms with Crippen molar-refractivity contribution < 1.29 is 0 Å². The van der Waals surface area contributed by atoms with Crippen LogP contribution in [0.2, 0.25) is 0 Å².